The number of benzene rings is 1. The molecule has 0 radical (unpaired) electrons. The van der Waals surface area contributed by atoms with Gasteiger partial charge in [-0.2, -0.15) is 0 Å². The normalized spacial score (nSPS) is 23.2. The van der Waals surface area contributed by atoms with Gasteiger partial charge in [-0.05, 0) is 43.2 Å². The van der Waals surface area contributed by atoms with Crippen molar-refractivity contribution in [1.29, 1.82) is 0 Å². The lowest BCUT2D eigenvalue weighted by Gasteiger charge is -2.34. The summed E-state index contributed by atoms with van der Waals surface area (Å²) in [5.74, 6) is 3.34. The van der Waals surface area contributed by atoms with Gasteiger partial charge in [0.2, 0.25) is 11.1 Å². The molecule has 26 heavy (non-hydrogen) atoms. The van der Waals surface area contributed by atoms with Gasteiger partial charge >= 0.3 is 0 Å². The van der Waals surface area contributed by atoms with Gasteiger partial charge in [0.15, 0.2) is 0 Å². The third-order valence-corrected chi connectivity index (χ3v) is 5.92. The molecule has 1 saturated carbocycles. The van der Waals surface area contributed by atoms with Crippen molar-refractivity contribution in [3.63, 3.8) is 0 Å². The van der Waals surface area contributed by atoms with E-state index >= 15 is 0 Å². The van der Waals surface area contributed by atoms with Crippen molar-refractivity contribution in [2.24, 2.45) is 11.8 Å². The highest BCUT2D eigenvalue weighted by atomic mass is 32.2. The Morgan fingerprint density at radius 3 is 2.50 bits per heavy atom. The van der Waals surface area contributed by atoms with E-state index in [9.17, 15) is 4.79 Å². The zero-order valence-electron chi connectivity index (χ0n) is 15.5. The third-order valence-electron chi connectivity index (χ3n) is 5.10. The van der Waals surface area contributed by atoms with Crippen LogP contribution in [-0.2, 0) is 4.79 Å². The van der Waals surface area contributed by atoms with Crippen LogP contribution in [0.4, 0.5) is 0 Å². The minimum atomic E-state index is 0.206. The number of aromatic nitrogens is 3. The number of para-hydroxylation sites is 1. The van der Waals surface area contributed by atoms with E-state index < -0.39 is 0 Å². The average Bonchev–Trinajstić information content (AvgIpc) is 3.39. The first-order valence-corrected chi connectivity index (χ1v) is 10.5. The highest BCUT2D eigenvalue weighted by molar-refractivity contribution is 7.99. The first-order valence-electron chi connectivity index (χ1n) is 9.53. The molecule has 2 fully saturated rings. The molecule has 2 heterocycles. The van der Waals surface area contributed by atoms with Crippen molar-refractivity contribution < 1.29 is 4.79 Å². The van der Waals surface area contributed by atoms with Crippen LogP contribution in [0.3, 0.4) is 0 Å². The SMILES string of the molecule is C[C@@H]1C[C@H](C)CN(C(=O)CSc2nc(C3CC3)n(-c3ccccc3)n2)C1. The van der Waals surface area contributed by atoms with Crippen LogP contribution < -0.4 is 0 Å². The minimum Gasteiger partial charge on any atom is -0.341 e. The fourth-order valence-corrected chi connectivity index (χ4v) is 4.55. The monoisotopic (exact) mass is 370 g/mol. The number of carbonyl (C=O) groups is 1. The lowest BCUT2D eigenvalue weighted by atomic mass is 9.92. The Labute approximate surface area is 159 Å². The maximum Gasteiger partial charge on any atom is 0.233 e. The average molecular weight is 371 g/mol. The first-order chi connectivity index (χ1) is 12.6. The molecule has 2 atom stereocenters. The molecule has 0 unspecified atom stereocenters. The number of piperidine rings is 1. The predicted molar refractivity (Wildman–Crippen MR) is 104 cm³/mol. The Balaban J connectivity index is 1.44. The van der Waals surface area contributed by atoms with Gasteiger partial charge in [-0.15, -0.1) is 5.10 Å². The fourth-order valence-electron chi connectivity index (χ4n) is 3.81. The Hall–Kier alpha value is -1.82. The van der Waals surface area contributed by atoms with Crippen LogP contribution in [0.15, 0.2) is 35.5 Å². The molecule has 4 rings (SSSR count). The summed E-state index contributed by atoms with van der Waals surface area (Å²) >= 11 is 1.47. The molecule has 1 amide bonds. The number of likely N-dealkylation sites (tertiary alicyclic amines) is 1. The van der Waals surface area contributed by atoms with E-state index in [1.54, 1.807) is 0 Å². The smallest absolute Gasteiger partial charge is 0.233 e. The maximum atomic E-state index is 12.6. The molecule has 1 aliphatic heterocycles. The summed E-state index contributed by atoms with van der Waals surface area (Å²) in [6, 6.07) is 10.1. The second-order valence-corrected chi connectivity index (χ2v) is 8.75. The first kappa shape index (κ1) is 17.6. The summed E-state index contributed by atoms with van der Waals surface area (Å²) in [6.45, 7) is 6.22. The Bertz CT molecular complexity index is 761. The third kappa shape index (κ3) is 3.95. The number of hydrogen-bond acceptors (Lipinski definition) is 4. The van der Waals surface area contributed by atoms with Gasteiger partial charge in [-0.25, -0.2) is 9.67 Å². The molecule has 1 aromatic heterocycles. The number of nitrogens with zero attached hydrogens (tertiary/aromatic N) is 4. The lowest BCUT2D eigenvalue weighted by Crippen LogP contribution is -2.43. The quantitative estimate of drug-likeness (QED) is 0.753. The van der Waals surface area contributed by atoms with Crippen molar-refractivity contribution in [2.45, 2.75) is 44.2 Å². The zero-order chi connectivity index (χ0) is 18.1. The lowest BCUT2D eigenvalue weighted by molar-refractivity contribution is -0.130. The number of thioether (sulfide) groups is 1. The van der Waals surface area contributed by atoms with Crippen molar-refractivity contribution >= 4 is 17.7 Å². The van der Waals surface area contributed by atoms with Crippen LogP contribution >= 0.6 is 11.8 Å². The van der Waals surface area contributed by atoms with Gasteiger partial charge in [0.1, 0.15) is 5.82 Å². The molecule has 1 saturated heterocycles. The van der Waals surface area contributed by atoms with Gasteiger partial charge in [-0.1, -0.05) is 43.8 Å². The molecule has 1 aromatic carbocycles. The summed E-state index contributed by atoms with van der Waals surface area (Å²) in [6.07, 6.45) is 3.57. The van der Waals surface area contributed by atoms with E-state index in [0.29, 0.717) is 28.7 Å². The van der Waals surface area contributed by atoms with Crippen LogP contribution in [0.1, 0.15) is 44.9 Å². The van der Waals surface area contributed by atoms with E-state index in [2.05, 4.69) is 31.1 Å². The van der Waals surface area contributed by atoms with Crippen LogP contribution in [0.5, 0.6) is 0 Å². The second-order valence-electron chi connectivity index (χ2n) is 7.81. The molecule has 2 aromatic rings. The molecule has 0 spiro atoms. The second kappa shape index (κ2) is 7.43. The minimum absolute atomic E-state index is 0.206. The standard InChI is InChI=1S/C20H26N4OS/c1-14-10-15(2)12-23(11-14)18(25)13-26-20-21-19(16-8-9-16)24(22-20)17-6-4-3-5-7-17/h3-7,14-16H,8-13H2,1-2H3/t14-,15+. The van der Waals surface area contributed by atoms with Gasteiger partial charge in [0.05, 0.1) is 11.4 Å². The number of rotatable bonds is 5. The van der Waals surface area contributed by atoms with Crippen LogP contribution in [0, 0.1) is 11.8 Å². The molecule has 2 aliphatic rings. The fraction of sp³-hybridized carbons (Fsp3) is 0.550. The summed E-state index contributed by atoms with van der Waals surface area (Å²) < 4.78 is 1.95. The number of hydrogen-bond donors (Lipinski definition) is 0. The molecular weight excluding hydrogens is 344 g/mol. The Morgan fingerprint density at radius 1 is 1.15 bits per heavy atom. The van der Waals surface area contributed by atoms with Crippen molar-refractivity contribution in [2.75, 3.05) is 18.8 Å². The van der Waals surface area contributed by atoms with Crippen molar-refractivity contribution in [3.8, 4) is 5.69 Å². The largest absolute Gasteiger partial charge is 0.341 e. The highest BCUT2D eigenvalue weighted by Crippen LogP contribution is 2.40. The van der Waals surface area contributed by atoms with Gasteiger partial charge in [0.25, 0.3) is 0 Å². The van der Waals surface area contributed by atoms with Crippen LogP contribution in [0.2, 0.25) is 0 Å². The molecule has 0 N–H and O–H groups in total. The predicted octanol–water partition coefficient (Wildman–Crippen LogP) is 3.74. The molecule has 5 nitrogen and oxygen atoms in total. The topological polar surface area (TPSA) is 51.0 Å². The van der Waals surface area contributed by atoms with E-state index in [0.717, 1.165) is 24.6 Å². The van der Waals surface area contributed by atoms with Gasteiger partial charge < -0.3 is 4.90 Å². The molecular formula is C20H26N4OS. The molecule has 1 aliphatic carbocycles. The molecule has 138 valence electrons. The molecule has 0 bridgehead atoms. The highest BCUT2D eigenvalue weighted by Gasteiger charge is 2.31. The van der Waals surface area contributed by atoms with Crippen LogP contribution in [0.25, 0.3) is 5.69 Å². The summed E-state index contributed by atoms with van der Waals surface area (Å²) in [4.78, 5) is 19.4. The Morgan fingerprint density at radius 2 is 1.85 bits per heavy atom. The van der Waals surface area contributed by atoms with E-state index in [1.165, 1.54) is 31.0 Å². The van der Waals surface area contributed by atoms with Crippen molar-refractivity contribution in [3.05, 3.63) is 36.2 Å². The van der Waals surface area contributed by atoms with E-state index in [-0.39, 0.29) is 5.91 Å². The maximum absolute atomic E-state index is 12.6. The number of amides is 1. The van der Waals surface area contributed by atoms with E-state index in [4.69, 9.17) is 4.98 Å². The van der Waals surface area contributed by atoms with Crippen LogP contribution in [-0.4, -0.2) is 44.4 Å². The van der Waals surface area contributed by atoms with Crippen molar-refractivity contribution in [1.82, 2.24) is 19.7 Å². The molecule has 6 heteroatoms. The van der Waals surface area contributed by atoms with Gasteiger partial charge in [-0.3, -0.25) is 4.79 Å². The van der Waals surface area contributed by atoms with Gasteiger partial charge in [0, 0.05) is 19.0 Å². The zero-order valence-corrected chi connectivity index (χ0v) is 16.3. The summed E-state index contributed by atoms with van der Waals surface area (Å²) in [5, 5.41) is 5.40. The summed E-state index contributed by atoms with van der Waals surface area (Å²) in [7, 11) is 0. The Kier molecular flexibility index (Phi) is 5.02. The van der Waals surface area contributed by atoms with E-state index in [1.807, 2.05) is 27.8 Å². The number of carbonyl (C=O) groups excluding carboxylic acids is 1. The summed E-state index contributed by atoms with van der Waals surface area (Å²) in [5.41, 5.74) is 1.04.